The number of H-pyrrole nitrogens is 1. The van der Waals surface area contributed by atoms with E-state index in [9.17, 15) is 14.7 Å². The van der Waals surface area contributed by atoms with Gasteiger partial charge in [-0.2, -0.15) is 0 Å². The van der Waals surface area contributed by atoms with Crippen LogP contribution >= 0.6 is 11.6 Å². The van der Waals surface area contributed by atoms with Crippen molar-refractivity contribution >= 4 is 40.1 Å². The van der Waals surface area contributed by atoms with Crippen LogP contribution in [-0.4, -0.2) is 23.9 Å². The summed E-state index contributed by atoms with van der Waals surface area (Å²) < 4.78 is 0. The predicted octanol–water partition coefficient (Wildman–Crippen LogP) is 2.39. The van der Waals surface area contributed by atoms with Crippen molar-refractivity contribution in [2.24, 2.45) is 0 Å². The van der Waals surface area contributed by atoms with Crippen molar-refractivity contribution < 1.29 is 14.7 Å². The molecule has 0 atom stereocenters. The summed E-state index contributed by atoms with van der Waals surface area (Å²) in [6.45, 7) is 0. The Balaban J connectivity index is 1.94. The Morgan fingerprint density at radius 2 is 1.79 bits per heavy atom. The number of hydrogen-bond acceptors (Lipinski definition) is 3. The average molecular weight is 342 g/mol. The van der Waals surface area contributed by atoms with Crippen molar-refractivity contribution in [2.75, 3.05) is 11.9 Å². The highest BCUT2D eigenvalue weighted by Crippen LogP contribution is 2.24. The molecule has 0 aliphatic heterocycles. The van der Waals surface area contributed by atoms with E-state index in [-0.39, 0.29) is 18.0 Å². The summed E-state index contributed by atoms with van der Waals surface area (Å²) in [4.78, 5) is 28.2. The number of benzene rings is 2. The van der Waals surface area contributed by atoms with Crippen molar-refractivity contribution in [1.82, 2.24) is 4.98 Å². The number of anilines is 1. The summed E-state index contributed by atoms with van der Waals surface area (Å²) in [5.41, 5.74) is 1.71. The number of rotatable bonds is 4. The second-order valence-corrected chi connectivity index (χ2v) is 5.85. The van der Waals surface area contributed by atoms with Gasteiger partial charge in [-0.05, 0) is 35.9 Å². The Kier molecular flexibility index (Phi) is 4.27. The maximum absolute atomic E-state index is 12.6. The van der Waals surface area contributed by atoms with Crippen LogP contribution in [0.15, 0.2) is 48.5 Å². The number of carboxylic acids is 1. The third kappa shape index (κ3) is 2.98. The van der Waals surface area contributed by atoms with Crippen molar-refractivity contribution in [3.05, 3.63) is 64.8 Å². The smallest absolute Gasteiger partial charge is 0.231 e. The van der Waals surface area contributed by atoms with E-state index in [2.05, 4.69) is 4.98 Å². The molecule has 122 valence electrons. The van der Waals surface area contributed by atoms with E-state index in [4.69, 9.17) is 11.6 Å². The highest BCUT2D eigenvalue weighted by atomic mass is 35.5. The van der Waals surface area contributed by atoms with E-state index in [1.165, 1.54) is 4.90 Å². The van der Waals surface area contributed by atoms with Crippen molar-refractivity contribution in [2.45, 2.75) is 6.42 Å². The number of aromatic carboxylic acids is 1. The molecule has 0 unspecified atom stereocenters. The molecule has 1 aromatic heterocycles. The highest BCUT2D eigenvalue weighted by molar-refractivity contribution is 6.30. The SMILES string of the molecule is CN(C(=O)Cc1c(C(=O)[O-])[nH]c2ccccc12)c1ccc(Cl)cc1. The number of halogens is 1. The lowest BCUT2D eigenvalue weighted by Crippen LogP contribution is -2.29. The first-order valence-electron chi connectivity index (χ1n) is 7.30. The van der Waals surface area contributed by atoms with Gasteiger partial charge < -0.3 is 19.8 Å². The maximum Gasteiger partial charge on any atom is 0.231 e. The van der Waals surface area contributed by atoms with Crippen LogP contribution in [0, 0.1) is 0 Å². The monoisotopic (exact) mass is 341 g/mol. The molecule has 3 aromatic rings. The quantitative estimate of drug-likeness (QED) is 0.791. The van der Waals surface area contributed by atoms with Gasteiger partial charge in [-0.25, -0.2) is 0 Å². The number of amides is 1. The summed E-state index contributed by atoms with van der Waals surface area (Å²) >= 11 is 5.85. The number of nitrogens with zero attached hydrogens (tertiary/aromatic N) is 1. The lowest BCUT2D eigenvalue weighted by atomic mass is 10.1. The molecule has 0 spiro atoms. The van der Waals surface area contributed by atoms with E-state index in [1.54, 1.807) is 55.6 Å². The van der Waals surface area contributed by atoms with Crippen LogP contribution in [0.2, 0.25) is 5.02 Å². The number of likely N-dealkylation sites (N-methyl/N-ethyl adjacent to an activating group) is 1. The van der Waals surface area contributed by atoms with Gasteiger partial charge in [0.1, 0.15) is 0 Å². The van der Waals surface area contributed by atoms with Gasteiger partial charge in [0.25, 0.3) is 0 Å². The van der Waals surface area contributed by atoms with Crippen molar-refractivity contribution in [1.29, 1.82) is 0 Å². The minimum atomic E-state index is -1.33. The molecule has 0 aliphatic carbocycles. The first kappa shape index (κ1) is 16.1. The van der Waals surface area contributed by atoms with Gasteiger partial charge in [0.2, 0.25) is 5.91 Å². The molecule has 5 nitrogen and oxygen atoms in total. The molecular formula is C18H14ClN2O3-. The van der Waals surface area contributed by atoms with Crippen LogP contribution in [0.4, 0.5) is 5.69 Å². The van der Waals surface area contributed by atoms with E-state index in [1.807, 2.05) is 0 Å². The number of nitrogens with one attached hydrogen (secondary N) is 1. The van der Waals surface area contributed by atoms with Crippen LogP contribution in [0.1, 0.15) is 16.1 Å². The molecular weight excluding hydrogens is 328 g/mol. The first-order valence-corrected chi connectivity index (χ1v) is 7.68. The number of hydrogen-bond donors (Lipinski definition) is 1. The molecule has 3 rings (SSSR count). The van der Waals surface area contributed by atoms with Gasteiger partial charge in [-0.3, -0.25) is 4.79 Å². The fraction of sp³-hybridized carbons (Fsp3) is 0.111. The van der Waals surface area contributed by atoms with E-state index in [0.717, 1.165) is 0 Å². The highest BCUT2D eigenvalue weighted by Gasteiger charge is 2.18. The van der Waals surface area contributed by atoms with Gasteiger partial charge in [-0.1, -0.05) is 29.8 Å². The van der Waals surface area contributed by atoms with Crippen LogP contribution < -0.4 is 10.0 Å². The normalized spacial score (nSPS) is 10.8. The standard InChI is InChI=1S/C18H15ClN2O3/c1-21(12-8-6-11(19)7-9-12)16(22)10-14-13-4-2-3-5-15(13)20-17(14)18(23)24/h2-9,20H,10H2,1H3,(H,23,24)/p-1. The number of aromatic amines is 1. The van der Waals surface area contributed by atoms with Crippen molar-refractivity contribution in [3.8, 4) is 0 Å². The number of carbonyl (C=O) groups excluding carboxylic acids is 2. The molecule has 1 heterocycles. The van der Waals surface area contributed by atoms with E-state index >= 15 is 0 Å². The Morgan fingerprint density at radius 1 is 1.12 bits per heavy atom. The third-order valence-corrected chi connectivity index (χ3v) is 4.19. The van der Waals surface area contributed by atoms with Crippen LogP contribution in [0.5, 0.6) is 0 Å². The molecule has 0 radical (unpaired) electrons. The van der Waals surface area contributed by atoms with Gasteiger partial charge in [-0.15, -0.1) is 0 Å². The summed E-state index contributed by atoms with van der Waals surface area (Å²) in [6.07, 6.45) is -0.0492. The lowest BCUT2D eigenvalue weighted by molar-refractivity contribution is -0.255. The molecule has 2 aromatic carbocycles. The third-order valence-electron chi connectivity index (χ3n) is 3.93. The van der Waals surface area contributed by atoms with Crippen LogP contribution in [0.3, 0.4) is 0 Å². The second-order valence-electron chi connectivity index (χ2n) is 5.42. The van der Waals surface area contributed by atoms with Crippen LogP contribution in [0.25, 0.3) is 10.9 Å². The Bertz CT molecular complexity index is 916. The van der Waals surface area contributed by atoms with Crippen LogP contribution in [-0.2, 0) is 11.2 Å². The molecule has 0 fully saturated rings. The second kappa shape index (κ2) is 6.37. The molecule has 1 N–H and O–H groups in total. The number of para-hydroxylation sites is 1. The largest absolute Gasteiger partial charge is 0.543 e. The molecule has 0 aliphatic rings. The van der Waals surface area contributed by atoms with Gasteiger partial charge in [0, 0.05) is 28.7 Å². The number of fused-ring (bicyclic) bond motifs is 1. The molecule has 6 heteroatoms. The summed E-state index contributed by atoms with van der Waals surface area (Å²) in [5, 5.41) is 12.7. The minimum absolute atomic E-state index is 0.0492. The number of carboxylic acid groups (broad SMARTS) is 1. The number of aromatic nitrogens is 1. The minimum Gasteiger partial charge on any atom is -0.543 e. The molecule has 0 saturated carbocycles. The van der Waals surface area contributed by atoms with Gasteiger partial charge in [0.15, 0.2) is 0 Å². The Labute approximate surface area is 143 Å². The topological polar surface area (TPSA) is 76.2 Å². The van der Waals surface area contributed by atoms with E-state index in [0.29, 0.717) is 27.2 Å². The zero-order valence-electron chi connectivity index (χ0n) is 12.9. The molecule has 0 bridgehead atoms. The fourth-order valence-corrected chi connectivity index (χ4v) is 2.76. The molecule has 0 saturated heterocycles. The maximum atomic E-state index is 12.6. The number of carbonyl (C=O) groups is 2. The summed E-state index contributed by atoms with van der Waals surface area (Å²) in [6, 6.07) is 14.0. The molecule has 24 heavy (non-hydrogen) atoms. The van der Waals surface area contributed by atoms with Gasteiger partial charge in [0.05, 0.1) is 18.1 Å². The zero-order chi connectivity index (χ0) is 17.3. The Hall–Kier alpha value is -2.79. The Morgan fingerprint density at radius 3 is 2.46 bits per heavy atom. The summed E-state index contributed by atoms with van der Waals surface area (Å²) in [5.74, 6) is -1.56. The average Bonchev–Trinajstić information content (AvgIpc) is 2.94. The summed E-state index contributed by atoms with van der Waals surface area (Å²) in [7, 11) is 1.64. The van der Waals surface area contributed by atoms with Crippen molar-refractivity contribution in [3.63, 3.8) is 0 Å². The lowest BCUT2D eigenvalue weighted by Gasteiger charge is -2.18. The first-order chi connectivity index (χ1) is 11.5. The zero-order valence-corrected chi connectivity index (χ0v) is 13.6. The predicted molar refractivity (Wildman–Crippen MR) is 91.2 cm³/mol. The molecule has 1 amide bonds. The van der Waals surface area contributed by atoms with E-state index < -0.39 is 5.97 Å². The fourth-order valence-electron chi connectivity index (χ4n) is 2.64. The van der Waals surface area contributed by atoms with Gasteiger partial charge >= 0.3 is 0 Å².